The van der Waals surface area contributed by atoms with Crippen LogP contribution >= 0.6 is 33.0 Å². The maximum atomic E-state index is 11.7. The molecule has 1 aromatic heterocycles. The predicted octanol–water partition coefficient (Wildman–Crippen LogP) is 3.49. The fraction of sp³-hybridized carbons (Fsp3) is 0.500. The molecule has 0 fully saturated rings. The van der Waals surface area contributed by atoms with Crippen molar-refractivity contribution in [2.75, 3.05) is 5.08 Å². The Hall–Kier alpha value is 0.290. The van der Waals surface area contributed by atoms with Crippen molar-refractivity contribution in [1.82, 2.24) is 0 Å². The van der Waals surface area contributed by atoms with Crippen molar-refractivity contribution in [2.24, 2.45) is 0 Å². The lowest BCUT2D eigenvalue weighted by molar-refractivity contribution is 0.599. The summed E-state index contributed by atoms with van der Waals surface area (Å²) in [5, 5.41) is 1.74. The van der Waals surface area contributed by atoms with E-state index in [1.165, 1.54) is 11.3 Å². The second-order valence-electron chi connectivity index (χ2n) is 3.15. The zero-order valence-electron chi connectivity index (χ0n) is 7.86. The molecule has 0 saturated carbocycles. The molecule has 0 spiro atoms. The van der Waals surface area contributed by atoms with E-state index in [9.17, 15) is 8.42 Å². The second-order valence-corrected chi connectivity index (χ2v) is 7.58. The van der Waals surface area contributed by atoms with Crippen LogP contribution in [0.1, 0.15) is 24.6 Å². The third kappa shape index (κ3) is 2.66. The smallest absolute Gasteiger partial charge is 0.189 e. The van der Waals surface area contributed by atoms with Gasteiger partial charge in [-0.3, -0.25) is 0 Å². The average Bonchev–Trinajstić information content (AvgIpc) is 2.51. The van der Waals surface area contributed by atoms with E-state index >= 15 is 0 Å². The van der Waals surface area contributed by atoms with Crippen molar-refractivity contribution in [2.45, 2.75) is 24.7 Å². The summed E-state index contributed by atoms with van der Waals surface area (Å²) in [6.45, 7) is 3.97. The number of hydrogen-bond acceptors (Lipinski definition) is 4. The Labute approximate surface area is 97.1 Å². The normalized spacial score (nSPS) is 12.3. The Morgan fingerprint density at radius 2 is 2.21 bits per heavy atom. The van der Waals surface area contributed by atoms with Crippen molar-refractivity contribution in [3.05, 3.63) is 16.3 Å². The summed E-state index contributed by atoms with van der Waals surface area (Å²) in [5.41, 5.74) is 0. The number of rotatable bonds is 4. The zero-order chi connectivity index (χ0) is 10.8. The number of halogens is 1. The fourth-order valence-corrected chi connectivity index (χ4v) is 5.38. The van der Waals surface area contributed by atoms with Crippen LogP contribution in [-0.4, -0.2) is 13.5 Å². The first kappa shape index (κ1) is 12.4. The third-order valence-corrected chi connectivity index (χ3v) is 6.49. The van der Waals surface area contributed by atoms with Crippen LogP contribution in [0.25, 0.3) is 0 Å². The highest BCUT2D eigenvalue weighted by Crippen LogP contribution is 2.31. The minimum absolute atomic E-state index is 0.0645. The van der Waals surface area contributed by atoms with Gasteiger partial charge in [0.2, 0.25) is 0 Å². The van der Waals surface area contributed by atoms with Gasteiger partial charge in [-0.25, -0.2) is 8.42 Å². The van der Waals surface area contributed by atoms with Crippen LogP contribution in [0.15, 0.2) is 16.3 Å². The Morgan fingerprint density at radius 1 is 1.57 bits per heavy atom. The number of hydrogen-bond donors (Lipinski definition) is 0. The molecule has 0 unspecified atom stereocenters. The van der Waals surface area contributed by atoms with E-state index in [1.54, 1.807) is 11.4 Å². The molecule has 0 atom stereocenters. The number of sulfone groups is 1. The van der Waals surface area contributed by atoms with E-state index in [0.717, 1.165) is 15.9 Å². The van der Waals surface area contributed by atoms with Gasteiger partial charge >= 0.3 is 0 Å². The maximum absolute atomic E-state index is 11.7. The highest BCUT2D eigenvalue weighted by Gasteiger charge is 2.21. The predicted molar refractivity (Wildman–Crippen MR) is 63.9 cm³/mol. The van der Waals surface area contributed by atoms with Crippen molar-refractivity contribution < 1.29 is 8.42 Å². The summed E-state index contributed by atoms with van der Waals surface area (Å²) in [5.74, 6) is 0.236. The molecule has 6 heteroatoms. The molecule has 0 radical (unpaired) electrons. The topological polar surface area (TPSA) is 34.1 Å². The summed E-state index contributed by atoms with van der Waals surface area (Å²) in [4.78, 5) is 1.35. The van der Waals surface area contributed by atoms with Gasteiger partial charge in [-0.05, 0) is 39.0 Å². The minimum Gasteiger partial charge on any atom is -0.223 e. The third-order valence-electron chi connectivity index (χ3n) is 1.72. The van der Waals surface area contributed by atoms with Crippen LogP contribution in [0.5, 0.6) is 0 Å². The number of thiophene rings is 1. The van der Waals surface area contributed by atoms with E-state index in [0.29, 0.717) is 4.90 Å². The van der Waals surface area contributed by atoms with Crippen LogP contribution in [0.4, 0.5) is 0 Å². The summed E-state index contributed by atoms with van der Waals surface area (Å²) >= 11 is 1.48. The lowest BCUT2D eigenvalue weighted by atomic mass is 10.2. The zero-order valence-corrected chi connectivity index (χ0v) is 11.1. The second kappa shape index (κ2) is 4.88. The Balaban J connectivity index is 3.13. The van der Waals surface area contributed by atoms with Gasteiger partial charge in [-0.2, -0.15) is 0 Å². The van der Waals surface area contributed by atoms with Gasteiger partial charge in [0, 0.05) is 4.88 Å². The largest absolute Gasteiger partial charge is 0.223 e. The van der Waals surface area contributed by atoms with Gasteiger partial charge in [0.15, 0.2) is 9.84 Å². The van der Waals surface area contributed by atoms with Crippen molar-refractivity contribution in [1.29, 1.82) is 0 Å². The molecule has 2 nitrogen and oxygen atoms in total. The van der Waals surface area contributed by atoms with Gasteiger partial charge in [0.1, 0.15) is 5.08 Å². The van der Waals surface area contributed by atoms with Crippen LogP contribution in [0.3, 0.4) is 0 Å². The van der Waals surface area contributed by atoms with E-state index in [-0.39, 0.29) is 11.0 Å². The molecule has 0 amide bonds. The molecular weight excluding hydrogens is 260 g/mol. The first-order valence-electron chi connectivity index (χ1n) is 4.02. The summed E-state index contributed by atoms with van der Waals surface area (Å²) < 4.78 is 23.4. The summed E-state index contributed by atoms with van der Waals surface area (Å²) in [6, 6.07) is 1.66. The molecule has 0 aliphatic carbocycles. The highest BCUT2D eigenvalue weighted by molar-refractivity contribution is 8.27. The van der Waals surface area contributed by atoms with E-state index in [2.05, 4.69) is 0 Å². The van der Waals surface area contributed by atoms with E-state index in [4.69, 9.17) is 10.7 Å². The fourth-order valence-electron chi connectivity index (χ4n) is 1.11. The lowest BCUT2D eigenvalue weighted by Crippen LogP contribution is -2.04. The van der Waals surface area contributed by atoms with E-state index < -0.39 is 9.84 Å². The molecule has 14 heavy (non-hydrogen) atoms. The molecule has 1 rings (SSSR count). The van der Waals surface area contributed by atoms with Gasteiger partial charge in [-0.15, -0.1) is 11.3 Å². The molecule has 1 aromatic rings. The van der Waals surface area contributed by atoms with Gasteiger partial charge in [0.25, 0.3) is 0 Å². The van der Waals surface area contributed by atoms with Crippen LogP contribution in [-0.2, 0) is 9.84 Å². The van der Waals surface area contributed by atoms with Crippen LogP contribution in [0, 0.1) is 0 Å². The Bertz CT molecular complexity index is 394. The van der Waals surface area contributed by atoms with Crippen LogP contribution in [0.2, 0.25) is 0 Å². The van der Waals surface area contributed by atoms with Gasteiger partial charge in [-0.1, -0.05) is 13.8 Å². The van der Waals surface area contributed by atoms with Crippen molar-refractivity contribution in [3.8, 4) is 0 Å². The molecular formula is C8H11ClO2S3. The molecule has 1 heterocycles. The standard InChI is InChI=1S/C8H11ClO2S3/c1-6(2)8-7(3-4-12-8)14(10,11)5-13-9/h3-4,6H,5H2,1-2H3. The lowest BCUT2D eigenvalue weighted by Gasteiger charge is -2.06. The molecule has 80 valence electrons. The highest BCUT2D eigenvalue weighted by atomic mass is 35.7. The first-order valence-corrected chi connectivity index (χ1v) is 8.37. The van der Waals surface area contributed by atoms with Gasteiger partial charge in [0.05, 0.1) is 4.90 Å². The molecule has 0 aliphatic heterocycles. The van der Waals surface area contributed by atoms with Crippen molar-refractivity contribution in [3.63, 3.8) is 0 Å². The quantitative estimate of drug-likeness (QED) is 0.840. The minimum atomic E-state index is -3.20. The average molecular weight is 271 g/mol. The van der Waals surface area contributed by atoms with Gasteiger partial charge < -0.3 is 0 Å². The summed E-state index contributed by atoms with van der Waals surface area (Å²) in [7, 11) is 2.99. The molecule has 0 aliphatic rings. The Kier molecular flexibility index (Phi) is 4.30. The Morgan fingerprint density at radius 3 is 2.71 bits per heavy atom. The van der Waals surface area contributed by atoms with E-state index in [1.807, 2.05) is 13.8 Å². The molecule has 0 N–H and O–H groups in total. The molecule has 0 saturated heterocycles. The first-order chi connectivity index (χ1) is 6.49. The molecule has 0 aromatic carbocycles. The maximum Gasteiger partial charge on any atom is 0.189 e. The SMILES string of the molecule is CC(C)c1sccc1S(=O)(=O)CSCl. The monoisotopic (exact) mass is 270 g/mol. The summed E-state index contributed by atoms with van der Waals surface area (Å²) in [6.07, 6.45) is 0. The van der Waals surface area contributed by atoms with Crippen molar-refractivity contribution >= 4 is 42.8 Å². The molecule has 0 bridgehead atoms. The van der Waals surface area contributed by atoms with Crippen LogP contribution < -0.4 is 0 Å².